The predicted molar refractivity (Wildman–Crippen MR) is 118 cm³/mol. The van der Waals surface area contributed by atoms with Crippen molar-refractivity contribution < 1.29 is 18.7 Å². The van der Waals surface area contributed by atoms with Gasteiger partial charge in [-0.25, -0.2) is 19.0 Å². The second-order valence-electron chi connectivity index (χ2n) is 7.39. The van der Waals surface area contributed by atoms with E-state index in [0.29, 0.717) is 11.3 Å². The lowest BCUT2D eigenvalue weighted by Crippen LogP contribution is -2.37. The number of carbonyl (C=O) groups is 1. The Balaban J connectivity index is 1.39. The molecular formula is C23H21FN4O5. The minimum absolute atomic E-state index is 0.00302. The van der Waals surface area contributed by atoms with Gasteiger partial charge in [-0.15, -0.1) is 0 Å². The maximum absolute atomic E-state index is 13.0. The third-order valence-electron chi connectivity index (χ3n) is 5.17. The molecule has 4 aromatic rings. The Morgan fingerprint density at radius 1 is 1.06 bits per heavy atom. The van der Waals surface area contributed by atoms with Gasteiger partial charge in [0.1, 0.15) is 24.8 Å². The smallest absolute Gasteiger partial charge is 0.338 e. The molecule has 10 heteroatoms. The van der Waals surface area contributed by atoms with Crippen LogP contribution < -0.4 is 16.0 Å². The monoisotopic (exact) mass is 452 g/mol. The molecule has 2 aromatic heterocycles. The van der Waals surface area contributed by atoms with Crippen LogP contribution in [0.5, 0.6) is 5.75 Å². The third-order valence-corrected chi connectivity index (χ3v) is 5.17. The van der Waals surface area contributed by atoms with E-state index in [9.17, 15) is 18.8 Å². The lowest BCUT2D eigenvalue weighted by atomic mass is 10.2. The molecule has 2 aromatic carbocycles. The first-order chi connectivity index (χ1) is 15.8. The quantitative estimate of drug-likeness (QED) is 0.398. The highest BCUT2D eigenvalue weighted by atomic mass is 19.1. The molecule has 4 rings (SSSR count). The number of hydrogen-bond donors (Lipinski definition) is 0. The Kier molecular flexibility index (Phi) is 6.07. The van der Waals surface area contributed by atoms with Gasteiger partial charge in [0.2, 0.25) is 0 Å². The van der Waals surface area contributed by atoms with Gasteiger partial charge in [-0.3, -0.25) is 13.9 Å². The molecule has 9 nitrogen and oxygen atoms in total. The molecule has 170 valence electrons. The van der Waals surface area contributed by atoms with Crippen molar-refractivity contribution in [1.82, 2.24) is 18.7 Å². The molecule has 0 bridgehead atoms. The number of benzene rings is 2. The summed E-state index contributed by atoms with van der Waals surface area (Å²) in [5.74, 6) is -0.401. The van der Waals surface area contributed by atoms with Crippen molar-refractivity contribution in [2.45, 2.75) is 13.2 Å². The minimum atomic E-state index is -0.549. The summed E-state index contributed by atoms with van der Waals surface area (Å²) in [5.41, 5.74) is 0.682. The van der Waals surface area contributed by atoms with Crippen molar-refractivity contribution >= 4 is 17.1 Å². The van der Waals surface area contributed by atoms with Crippen LogP contribution in [0.1, 0.15) is 15.9 Å². The Morgan fingerprint density at radius 3 is 2.58 bits per heavy atom. The Morgan fingerprint density at radius 2 is 1.82 bits per heavy atom. The van der Waals surface area contributed by atoms with Crippen LogP contribution in [0, 0.1) is 5.82 Å². The molecule has 0 fully saturated rings. The van der Waals surface area contributed by atoms with E-state index in [1.807, 2.05) is 0 Å². The zero-order chi connectivity index (χ0) is 23.5. The predicted octanol–water partition coefficient (Wildman–Crippen LogP) is 2.01. The Hall–Kier alpha value is -4.21. The van der Waals surface area contributed by atoms with E-state index in [1.54, 1.807) is 41.0 Å². The van der Waals surface area contributed by atoms with Crippen LogP contribution >= 0.6 is 0 Å². The number of nitrogens with zero attached hydrogens (tertiary/aromatic N) is 4. The topological polar surface area (TPSA) is 97.3 Å². The summed E-state index contributed by atoms with van der Waals surface area (Å²) in [5, 5.41) is 0. The maximum Gasteiger partial charge on any atom is 0.338 e. The second kappa shape index (κ2) is 9.11. The highest BCUT2D eigenvalue weighted by Gasteiger charge is 2.15. The zero-order valence-electron chi connectivity index (χ0n) is 18.0. The summed E-state index contributed by atoms with van der Waals surface area (Å²) < 4.78 is 27.9. The molecule has 0 aliphatic heterocycles. The van der Waals surface area contributed by atoms with E-state index in [0.717, 1.165) is 10.1 Å². The normalized spacial score (nSPS) is 11.0. The molecule has 0 radical (unpaired) electrons. The molecule has 0 atom stereocenters. The number of fused-ring (bicyclic) bond motifs is 1. The average Bonchev–Trinajstić information content (AvgIpc) is 3.25. The number of esters is 1. The number of imidazole rings is 1. The van der Waals surface area contributed by atoms with Crippen LogP contribution in [0.2, 0.25) is 0 Å². The number of halogens is 1. The van der Waals surface area contributed by atoms with E-state index in [-0.39, 0.29) is 36.7 Å². The number of aromatic nitrogens is 4. The van der Waals surface area contributed by atoms with Gasteiger partial charge in [-0.2, -0.15) is 0 Å². The van der Waals surface area contributed by atoms with Gasteiger partial charge in [0, 0.05) is 14.1 Å². The fourth-order valence-corrected chi connectivity index (χ4v) is 3.35. The second-order valence-corrected chi connectivity index (χ2v) is 7.39. The molecule has 0 aliphatic rings. The fraction of sp³-hybridized carbons (Fsp3) is 0.217. The largest absolute Gasteiger partial charge is 0.489 e. The van der Waals surface area contributed by atoms with E-state index in [2.05, 4.69) is 4.98 Å². The van der Waals surface area contributed by atoms with Gasteiger partial charge in [-0.05, 0) is 35.9 Å². The molecule has 33 heavy (non-hydrogen) atoms. The van der Waals surface area contributed by atoms with Crippen molar-refractivity contribution in [2.24, 2.45) is 14.1 Å². The lowest BCUT2D eigenvalue weighted by Gasteiger charge is -2.09. The van der Waals surface area contributed by atoms with Crippen molar-refractivity contribution in [3.05, 3.63) is 92.6 Å². The van der Waals surface area contributed by atoms with Gasteiger partial charge in [0.05, 0.1) is 18.4 Å². The van der Waals surface area contributed by atoms with E-state index >= 15 is 0 Å². The van der Waals surface area contributed by atoms with Gasteiger partial charge < -0.3 is 14.0 Å². The van der Waals surface area contributed by atoms with Crippen LogP contribution in [0.25, 0.3) is 11.2 Å². The molecule has 0 saturated carbocycles. The maximum atomic E-state index is 13.0. The summed E-state index contributed by atoms with van der Waals surface area (Å²) in [6, 6.07) is 12.5. The highest BCUT2D eigenvalue weighted by molar-refractivity contribution is 5.89. The molecular weight excluding hydrogens is 431 g/mol. The van der Waals surface area contributed by atoms with Gasteiger partial charge >= 0.3 is 11.7 Å². The summed E-state index contributed by atoms with van der Waals surface area (Å²) in [7, 11) is 2.93. The van der Waals surface area contributed by atoms with E-state index in [1.165, 1.54) is 37.1 Å². The van der Waals surface area contributed by atoms with Crippen LogP contribution in [-0.2, 0) is 32.0 Å². The average molecular weight is 452 g/mol. The van der Waals surface area contributed by atoms with Crippen molar-refractivity contribution in [2.75, 3.05) is 6.61 Å². The Labute approximate surface area is 187 Å². The number of aryl methyl sites for hydroxylation is 1. The Bertz CT molecular complexity index is 1440. The van der Waals surface area contributed by atoms with Gasteiger partial charge in [0.25, 0.3) is 5.56 Å². The fourth-order valence-electron chi connectivity index (χ4n) is 3.35. The summed E-state index contributed by atoms with van der Waals surface area (Å²) in [6.45, 7) is 0.414. The summed E-state index contributed by atoms with van der Waals surface area (Å²) in [6.07, 6.45) is 1.43. The zero-order valence-corrected chi connectivity index (χ0v) is 18.0. The van der Waals surface area contributed by atoms with Crippen LogP contribution in [0.15, 0.2) is 64.4 Å². The molecule has 0 N–H and O–H groups in total. The SMILES string of the molecule is Cn1c(=O)c2c(ncn2CCOC(=O)c2cccc(OCc3ccc(F)cc3)c2)n(C)c1=O. The van der Waals surface area contributed by atoms with Crippen LogP contribution in [0.4, 0.5) is 4.39 Å². The number of ether oxygens (including phenoxy) is 2. The molecule has 0 amide bonds. The first-order valence-corrected chi connectivity index (χ1v) is 10.1. The van der Waals surface area contributed by atoms with Crippen LogP contribution in [-0.4, -0.2) is 31.3 Å². The van der Waals surface area contributed by atoms with E-state index < -0.39 is 17.2 Å². The van der Waals surface area contributed by atoms with Crippen molar-refractivity contribution in [3.8, 4) is 5.75 Å². The highest BCUT2D eigenvalue weighted by Crippen LogP contribution is 2.16. The van der Waals surface area contributed by atoms with Gasteiger partial charge in [-0.1, -0.05) is 18.2 Å². The number of hydrogen-bond acceptors (Lipinski definition) is 6. The van der Waals surface area contributed by atoms with Crippen molar-refractivity contribution in [1.29, 1.82) is 0 Å². The molecule has 0 spiro atoms. The molecule has 2 heterocycles. The lowest BCUT2D eigenvalue weighted by molar-refractivity contribution is 0.0492. The molecule has 0 unspecified atom stereocenters. The summed E-state index contributed by atoms with van der Waals surface area (Å²) >= 11 is 0. The standard InChI is InChI=1S/C23H21FN4O5/c1-26-20-19(21(29)27(2)23(26)31)28(14-25-20)10-11-32-22(30)16-4-3-5-18(12-16)33-13-15-6-8-17(24)9-7-15/h3-9,12,14H,10-11,13H2,1-2H3. The van der Waals surface area contributed by atoms with E-state index in [4.69, 9.17) is 9.47 Å². The van der Waals surface area contributed by atoms with Crippen molar-refractivity contribution in [3.63, 3.8) is 0 Å². The first-order valence-electron chi connectivity index (χ1n) is 10.1. The van der Waals surface area contributed by atoms with Crippen LogP contribution in [0.3, 0.4) is 0 Å². The molecule has 0 aliphatic carbocycles. The minimum Gasteiger partial charge on any atom is -0.489 e. The number of carbonyl (C=O) groups excluding carboxylic acids is 1. The molecule has 0 saturated heterocycles. The third kappa shape index (κ3) is 4.54. The first kappa shape index (κ1) is 22.0. The number of rotatable bonds is 7. The summed E-state index contributed by atoms with van der Waals surface area (Å²) in [4.78, 5) is 41.1. The van der Waals surface area contributed by atoms with Gasteiger partial charge in [0.15, 0.2) is 11.2 Å².